The maximum Gasteiger partial charge on any atom is 0.254 e. The molecule has 1 N–H and O–H groups in total. The van der Waals surface area contributed by atoms with E-state index in [-0.39, 0.29) is 11.8 Å². The summed E-state index contributed by atoms with van der Waals surface area (Å²) in [7, 11) is 1.71. The normalized spacial score (nSPS) is 18.0. The van der Waals surface area contributed by atoms with Gasteiger partial charge in [0.05, 0.1) is 11.3 Å². The molecule has 1 aliphatic heterocycles. The maximum atomic E-state index is 12.6. The second-order valence-electron chi connectivity index (χ2n) is 5.13. The predicted molar refractivity (Wildman–Crippen MR) is 81.3 cm³/mol. The van der Waals surface area contributed by atoms with E-state index in [1.165, 1.54) is 0 Å². The summed E-state index contributed by atoms with van der Waals surface area (Å²) < 4.78 is 0. The number of rotatable bonds is 2. The molecule has 106 valence electrons. The molecule has 0 saturated heterocycles. The van der Waals surface area contributed by atoms with Gasteiger partial charge in [0.2, 0.25) is 5.91 Å². The highest BCUT2D eigenvalue weighted by molar-refractivity contribution is 6.10. The van der Waals surface area contributed by atoms with E-state index in [1.54, 1.807) is 30.1 Å². The third-order valence-corrected chi connectivity index (χ3v) is 3.73. The Kier molecular flexibility index (Phi) is 3.44. The van der Waals surface area contributed by atoms with E-state index in [9.17, 15) is 9.59 Å². The van der Waals surface area contributed by atoms with Gasteiger partial charge in [0.15, 0.2) is 0 Å². The fourth-order valence-electron chi connectivity index (χ4n) is 2.60. The first-order valence-electron chi connectivity index (χ1n) is 6.88. The van der Waals surface area contributed by atoms with Gasteiger partial charge < -0.3 is 10.2 Å². The van der Waals surface area contributed by atoms with Gasteiger partial charge in [-0.25, -0.2) is 0 Å². The van der Waals surface area contributed by atoms with Gasteiger partial charge in [-0.1, -0.05) is 42.5 Å². The van der Waals surface area contributed by atoms with Crippen LogP contribution in [0.4, 0.5) is 5.69 Å². The minimum atomic E-state index is -0.544. The molecule has 3 rings (SSSR count). The monoisotopic (exact) mass is 280 g/mol. The topological polar surface area (TPSA) is 49.4 Å². The van der Waals surface area contributed by atoms with Gasteiger partial charge >= 0.3 is 0 Å². The molecule has 1 atom stereocenters. The highest BCUT2D eigenvalue weighted by Crippen LogP contribution is 2.23. The Morgan fingerprint density at radius 3 is 2.43 bits per heavy atom. The smallest absolute Gasteiger partial charge is 0.254 e. The van der Waals surface area contributed by atoms with Gasteiger partial charge in [-0.3, -0.25) is 9.59 Å². The van der Waals surface area contributed by atoms with E-state index in [1.807, 2.05) is 36.4 Å². The molecule has 21 heavy (non-hydrogen) atoms. The van der Waals surface area contributed by atoms with Crippen LogP contribution in [0.2, 0.25) is 0 Å². The number of benzene rings is 2. The number of hydrogen-bond donors (Lipinski definition) is 1. The van der Waals surface area contributed by atoms with Crippen LogP contribution < -0.4 is 10.2 Å². The molecule has 0 aliphatic carbocycles. The summed E-state index contributed by atoms with van der Waals surface area (Å²) in [5, 5.41) is 2.83. The number of para-hydroxylation sites is 1. The van der Waals surface area contributed by atoms with Crippen molar-refractivity contribution < 1.29 is 9.59 Å². The molecule has 0 unspecified atom stereocenters. The Hall–Kier alpha value is -2.62. The molecule has 1 aliphatic rings. The molecule has 0 fully saturated rings. The first kappa shape index (κ1) is 13.4. The highest BCUT2D eigenvalue weighted by atomic mass is 16.2. The lowest BCUT2D eigenvalue weighted by molar-refractivity contribution is -0.120. The quantitative estimate of drug-likeness (QED) is 0.914. The van der Waals surface area contributed by atoms with Crippen molar-refractivity contribution in [3.63, 3.8) is 0 Å². The lowest BCUT2D eigenvalue weighted by Crippen LogP contribution is -2.45. The Balaban J connectivity index is 1.93. The lowest BCUT2D eigenvalue weighted by atomic mass is 10.1. The molecule has 0 spiro atoms. The van der Waals surface area contributed by atoms with Crippen LogP contribution in [0.5, 0.6) is 0 Å². The van der Waals surface area contributed by atoms with Crippen molar-refractivity contribution in [2.75, 3.05) is 11.9 Å². The predicted octanol–water partition coefficient (Wildman–Crippen LogP) is 2.00. The van der Waals surface area contributed by atoms with E-state index in [0.29, 0.717) is 17.7 Å². The van der Waals surface area contributed by atoms with Gasteiger partial charge in [0, 0.05) is 13.5 Å². The summed E-state index contributed by atoms with van der Waals surface area (Å²) in [6.07, 6.45) is 0.490. The minimum Gasteiger partial charge on any atom is -0.340 e. The van der Waals surface area contributed by atoms with Crippen molar-refractivity contribution in [3.05, 3.63) is 65.7 Å². The molecule has 4 nitrogen and oxygen atoms in total. The Morgan fingerprint density at radius 1 is 1.00 bits per heavy atom. The first-order valence-corrected chi connectivity index (χ1v) is 6.88. The zero-order valence-electron chi connectivity index (χ0n) is 11.7. The molecular formula is C17H16N2O2. The van der Waals surface area contributed by atoms with Crippen molar-refractivity contribution in [1.82, 2.24) is 5.32 Å². The molecule has 0 radical (unpaired) electrons. The van der Waals surface area contributed by atoms with Gasteiger partial charge in [0.25, 0.3) is 5.91 Å². The van der Waals surface area contributed by atoms with E-state index in [2.05, 4.69) is 5.32 Å². The van der Waals surface area contributed by atoms with Crippen LogP contribution in [0.15, 0.2) is 54.6 Å². The molecule has 1 heterocycles. The number of amides is 2. The summed E-state index contributed by atoms with van der Waals surface area (Å²) in [5.74, 6) is -0.304. The number of nitrogens with zero attached hydrogens (tertiary/aromatic N) is 1. The molecule has 0 saturated carbocycles. The third kappa shape index (κ3) is 2.52. The minimum absolute atomic E-state index is 0.0999. The van der Waals surface area contributed by atoms with Gasteiger partial charge in [-0.05, 0) is 17.7 Å². The maximum absolute atomic E-state index is 12.6. The van der Waals surface area contributed by atoms with Crippen LogP contribution >= 0.6 is 0 Å². The number of hydrogen-bond acceptors (Lipinski definition) is 2. The Morgan fingerprint density at radius 2 is 1.67 bits per heavy atom. The third-order valence-electron chi connectivity index (χ3n) is 3.73. The average Bonchev–Trinajstić information content (AvgIpc) is 2.61. The summed E-state index contributed by atoms with van der Waals surface area (Å²) in [6.45, 7) is 0. The van der Waals surface area contributed by atoms with Crippen molar-refractivity contribution in [1.29, 1.82) is 0 Å². The average molecular weight is 280 g/mol. The lowest BCUT2D eigenvalue weighted by Gasteiger charge is -2.21. The number of fused-ring (bicyclic) bond motifs is 1. The fraction of sp³-hybridized carbons (Fsp3) is 0.176. The number of anilines is 1. The molecule has 0 aromatic heterocycles. The van der Waals surface area contributed by atoms with Gasteiger partial charge in [0.1, 0.15) is 6.04 Å². The molecule has 4 heteroatoms. The molecule has 0 bridgehead atoms. The second kappa shape index (κ2) is 5.40. The summed E-state index contributed by atoms with van der Waals surface area (Å²) in [4.78, 5) is 26.4. The van der Waals surface area contributed by atoms with E-state index >= 15 is 0 Å². The highest BCUT2D eigenvalue weighted by Gasteiger charge is 2.31. The van der Waals surface area contributed by atoms with Crippen LogP contribution in [0.3, 0.4) is 0 Å². The number of likely N-dealkylation sites (N-methyl/N-ethyl adjacent to an activating group) is 1. The number of nitrogens with one attached hydrogen (secondary N) is 1. The van der Waals surface area contributed by atoms with Crippen molar-refractivity contribution in [3.8, 4) is 0 Å². The van der Waals surface area contributed by atoms with Gasteiger partial charge in [-0.2, -0.15) is 0 Å². The van der Waals surface area contributed by atoms with Crippen LogP contribution in [0, 0.1) is 0 Å². The van der Waals surface area contributed by atoms with Crippen LogP contribution in [0.1, 0.15) is 15.9 Å². The van der Waals surface area contributed by atoms with Crippen LogP contribution in [0.25, 0.3) is 0 Å². The van der Waals surface area contributed by atoms with Gasteiger partial charge in [-0.15, -0.1) is 0 Å². The molecule has 2 aromatic rings. The molecule has 2 aromatic carbocycles. The van der Waals surface area contributed by atoms with Crippen LogP contribution in [-0.2, 0) is 11.2 Å². The van der Waals surface area contributed by atoms with E-state index in [0.717, 1.165) is 5.56 Å². The standard InChI is InChI=1S/C17H16N2O2/c1-19-15-10-6-5-9-13(15)16(20)18-14(17(19)21)11-12-7-3-2-4-8-12/h2-10,14H,11H2,1H3,(H,18,20)/t14-/m0/s1. The van der Waals surface area contributed by atoms with E-state index in [4.69, 9.17) is 0 Å². The fourth-order valence-corrected chi connectivity index (χ4v) is 2.60. The molecular weight excluding hydrogens is 264 g/mol. The zero-order valence-corrected chi connectivity index (χ0v) is 11.7. The Labute approximate surface area is 123 Å². The number of carbonyl (C=O) groups excluding carboxylic acids is 2. The largest absolute Gasteiger partial charge is 0.340 e. The van der Waals surface area contributed by atoms with Crippen molar-refractivity contribution in [2.24, 2.45) is 0 Å². The first-order chi connectivity index (χ1) is 10.2. The number of carbonyl (C=O) groups is 2. The summed E-state index contributed by atoms with van der Waals surface area (Å²) in [5.41, 5.74) is 2.20. The second-order valence-corrected chi connectivity index (χ2v) is 5.13. The van der Waals surface area contributed by atoms with Crippen LogP contribution in [-0.4, -0.2) is 24.9 Å². The zero-order chi connectivity index (χ0) is 14.8. The summed E-state index contributed by atoms with van der Waals surface area (Å²) >= 11 is 0. The van der Waals surface area contributed by atoms with Crippen molar-refractivity contribution in [2.45, 2.75) is 12.5 Å². The van der Waals surface area contributed by atoms with E-state index < -0.39 is 6.04 Å². The molecule has 2 amide bonds. The van der Waals surface area contributed by atoms with Crippen molar-refractivity contribution >= 4 is 17.5 Å². The Bertz CT molecular complexity index is 682. The SMILES string of the molecule is CN1C(=O)[C@H](Cc2ccccc2)NC(=O)c2ccccc21. The summed E-state index contributed by atoms with van der Waals surface area (Å²) in [6, 6.07) is 16.3.